The summed E-state index contributed by atoms with van der Waals surface area (Å²) in [6.07, 6.45) is 1.32. The van der Waals surface area contributed by atoms with Crippen LogP contribution in [0.25, 0.3) is 0 Å². The number of carbonyl (C=O) groups excluding carboxylic acids is 1. The zero-order valence-corrected chi connectivity index (χ0v) is 12.3. The van der Waals surface area contributed by atoms with E-state index in [4.69, 9.17) is 14.2 Å². The Morgan fingerprint density at radius 2 is 2.00 bits per heavy atom. The smallest absolute Gasteiger partial charge is 0.336 e. The van der Waals surface area contributed by atoms with Crippen molar-refractivity contribution in [2.45, 2.75) is 33.0 Å². The Balaban J connectivity index is 2.02. The SMILES string of the molecule is CCC[C@H]1OC[C@@](C#N)(C(=O)Oc2ccc(C)cc2)CO1. The fourth-order valence-electron chi connectivity index (χ4n) is 2.00. The summed E-state index contributed by atoms with van der Waals surface area (Å²) in [5.41, 5.74) is -0.327. The van der Waals surface area contributed by atoms with Crippen molar-refractivity contribution in [2.75, 3.05) is 13.2 Å². The van der Waals surface area contributed by atoms with Crippen LogP contribution in [0.2, 0.25) is 0 Å². The molecule has 0 amide bonds. The summed E-state index contributed by atoms with van der Waals surface area (Å²) in [6, 6.07) is 9.06. The molecule has 1 aromatic carbocycles. The van der Waals surface area contributed by atoms with Crippen LogP contribution < -0.4 is 4.74 Å². The van der Waals surface area contributed by atoms with Crippen molar-refractivity contribution in [3.05, 3.63) is 29.8 Å². The van der Waals surface area contributed by atoms with Gasteiger partial charge in [0.25, 0.3) is 0 Å². The number of nitriles is 1. The van der Waals surface area contributed by atoms with Crippen molar-refractivity contribution in [3.8, 4) is 11.8 Å². The van der Waals surface area contributed by atoms with Gasteiger partial charge >= 0.3 is 5.97 Å². The molecule has 1 aromatic rings. The second-order valence-corrected chi connectivity index (χ2v) is 5.24. The maximum absolute atomic E-state index is 12.3. The van der Waals surface area contributed by atoms with E-state index in [1.54, 1.807) is 12.1 Å². The lowest BCUT2D eigenvalue weighted by Crippen LogP contribution is -2.48. The molecule has 1 aliphatic rings. The molecule has 5 nitrogen and oxygen atoms in total. The lowest BCUT2D eigenvalue weighted by molar-refractivity contribution is -0.222. The highest BCUT2D eigenvalue weighted by Crippen LogP contribution is 2.28. The molecule has 5 heteroatoms. The van der Waals surface area contributed by atoms with Gasteiger partial charge < -0.3 is 14.2 Å². The van der Waals surface area contributed by atoms with Gasteiger partial charge in [-0.1, -0.05) is 31.0 Å². The van der Waals surface area contributed by atoms with Gasteiger partial charge in [0.1, 0.15) is 5.75 Å². The van der Waals surface area contributed by atoms with Crippen LogP contribution in [0.5, 0.6) is 5.75 Å². The van der Waals surface area contributed by atoms with Crippen LogP contribution in [-0.2, 0) is 14.3 Å². The molecule has 0 bridgehead atoms. The Morgan fingerprint density at radius 3 is 2.52 bits per heavy atom. The summed E-state index contributed by atoms with van der Waals surface area (Å²) in [6.45, 7) is 3.96. The van der Waals surface area contributed by atoms with Gasteiger partial charge in [-0.2, -0.15) is 5.26 Å². The standard InChI is InChI=1S/C16H19NO4/c1-3-4-14-19-10-16(9-17,11-20-14)15(18)21-13-7-5-12(2)6-8-13/h5-8,14H,3-4,10-11H2,1-2H3/t14-,16+. The molecule has 21 heavy (non-hydrogen) atoms. The van der Waals surface area contributed by atoms with Crippen LogP contribution in [-0.4, -0.2) is 25.5 Å². The number of hydrogen-bond donors (Lipinski definition) is 0. The van der Waals surface area contributed by atoms with Crippen LogP contribution in [0.1, 0.15) is 25.3 Å². The molecule has 0 aromatic heterocycles. The number of esters is 1. The lowest BCUT2D eigenvalue weighted by atomic mass is 9.91. The van der Waals surface area contributed by atoms with Crippen LogP contribution in [0, 0.1) is 23.7 Å². The molecular formula is C16H19NO4. The zero-order valence-electron chi connectivity index (χ0n) is 12.3. The number of aryl methyl sites for hydroxylation is 1. The van der Waals surface area contributed by atoms with Gasteiger partial charge in [0.2, 0.25) is 5.41 Å². The van der Waals surface area contributed by atoms with E-state index in [9.17, 15) is 10.1 Å². The third-order valence-electron chi connectivity index (χ3n) is 3.39. The van der Waals surface area contributed by atoms with Gasteiger partial charge in [0.15, 0.2) is 6.29 Å². The maximum Gasteiger partial charge on any atom is 0.336 e. The average molecular weight is 289 g/mol. The van der Waals surface area contributed by atoms with Crippen molar-refractivity contribution in [1.82, 2.24) is 0 Å². The largest absolute Gasteiger partial charge is 0.425 e. The van der Waals surface area contributed by atoms with Crippen molar-refractivity contribution in [1.29, 1.82) is 5.26 Å². The van der Waals surface area contributed by atoms with Crippen molar-refractivity contribution < 1.29 is 19.0 Å². The fourth-order valence-corrected chi connectivity index (χ4v) is 2.00. The van der Waals surface area contributed by atoms with E-state index < -0.39 is 11.4 Å². The minimum absolute atomic E-state index is 0.00113. The third-order valence-corrected chi connectivity index (χ3v) is 3.39. The third kappa shape index (κ3) is 3.60. The van der Waals surface area contributed by atoms with E-state index in [1.165, 1.54) is 0 Å². The molecule has 1 fully saturated rings. The number of hydrogen-bond acceptors (Lipinski definition) is 5. The van der Waals surface area contributed by atoms with Crippen molar-refractivity contribution in [3.63, 3.8) is 0 Å². The number of rotatable bonds is 4. The Morgan fingerprint density at radius 1 is 1.38 bits per heavy atom. The summed E-state index contributed by atoms with van der Waals surface area (Å²) >= 11 is 0. The normalized spacial score (nSPS) is 25.1. The van der Waals surface area contributed by atoms with Gasteiger partial charge in [-0.15, -0.1) is 0 Å². The van der Waals surface area contributed by atoms with Gasteiger partial charge in [0.05, 0.1) is 19.3 Å². The summed E-state index contributed by atoms with van der Waals surface area (Å²) in [5.74, 6) is -0.222. The number of benzene rings is 1. The van der Waals surface area contributed by atoms with E-state index in [-0.39, 0.29) is 19.5 Å². The molecule has 1 heterocycles. The second kappa shape index (κ2) is 6.70. The molecule has 1 saturated heterocycles. The van der Waals surface area contributed by atoms with Crippen LogP contribution >= 0.6 is 0 Å². The topological polar surface area (TPSA) is 68.5 Å². The summed E-state index contributed by atoms with van der Waals surface area (Å²) in [5, 5.41) is 9.34. The molecule has 112 valence electrons. The van der Waals surface area contributed by atoms with Crippen LogP contribution in [0.4, 0.5) is 0 Å². The second-order valence-electron chi connectivity index (χ2n) is 5.24. The highest BCUT2D eigenvalue weighted by Gasteiger charge is 2.46. The van der Waals surface area contributed by atoms with Gasteiger partial charge in [-0.25, -0.2) is 4.79 Å². The predicted molar refractivity (Wildman–Crippen MR) is 75.5 cm³/mol. The Bertz CT molecular complexity index is 524. The van der Waals surface area contributed by atoms with Crippen molar-refractivity contribution >= 4 is 5.97 Å². The fraction of sp³-hybridized carbons (Fsp3) is 0.500. The quantitative estimate of drug-likeness (QED) is 0.629. The maximum atomic E-state index is 12.3. The molecule has 0 N–H and O–H groups in total. The van der Waals surface area contributed by atoms with E-state index in [2.05, 4.69) is 0 Å². The Labute approximate surface area is 124 Å². The van der Waals surface area contributed by atoms with E-state index >= 15 is 0 Å². The van der Waals surface area contributed by atoms with E-state index in [1.807, 2.05) is 32.0 Å². The highest BCUT2D eigenvalue weighted by atomic mass is 16.7. The molecule has 0 spiro atoms. The molecule has 1 aliphatic heterocycles. The molecular weight excluding hydrogens is 270 g/mol. The average Bonchev–Trinajstić information content (AvgIpc) is 2.51. The molecule has 0 saturated carbocycles. The number of nitrogens with zero attached hydrogens (tertiary/aromatic N) is 1. The zero-order chi connectivity index (χ0) is 15.3. The number of carbonyl (C=O) groups is 1. The van der Waals surface area contributed by atoms with E-state index in [0.29, 0.717) is 5.75 Å². The molecule has 0 aliphatic carbocycles. The molecule has 0 radical (unpaired) electrons. The highest BCUT2D eigenvalue weighted by molar-refractivity contribution is 5.82. The predicted octanol–water partition coefficient (Wildman–Crippen LogP) is 2.58. The van der Waals surface area contributed by atoms with Crippen LogP contribution in [0.15, 0.2) is 24.3 Å². The first-order valence-electron chi connectivity index (χ1n) is 7.03. The van der Waals surface area contributed by atoms with Crippen LogP contribution in [0.3, 0.4) is 0 Å². The first kappa shape index (κ1) is 15.5. The van der Waals surface area contributed by atoms with E-state index in [0.717, 1.165) is 18.4 Å². The summed E-state index contributed by atoms with van der Waals surface area (Å²) in [7, 11) is 0. The summed E-state index contributed by atoms with van der Waals surface area (Å²) < 4.78 is 16.2. The molecule has 2 rings (SSSR count). The first-order valence-corrected chi connectivity index (χ1v) is 7.03. The number of ether oxygens (including phenoxy) is 3. The lowest BCUT2D eigenvalue weighted by Gasteiger charge is -2.33. The molecule has 0 unspecified atom stereocenters. The monoisotopic (exact) mass is 289 g/mol. The minimum Gasteiger partial charge on any atom is -0.425 e. The first-order chi connectivity index (χ1) is 10.1. The summed E-state index contributed by atoms with van der Waals surface area (Å²) in [4.78, 5) is 12.3. The van der Waals surface area contributed by atoms with Gasteiger partial charge in [-0.3, -0.25) is 0 Å². The van der Waals surface area contributed by atoms with Crippen molar-refractivity contribution in [2.24, 2.45) is 5.41 Å². The Kier molecular flexibility index (Phi) is 4.94. The Hall–Kier alpha value is -1.90. The van der Waals surface area contributed by atoms with Gasteiger partial charge in [0, 0.05) is 0 Å². The van der Waals surface area contributed by atoms with Gasteiger partial charge in [-0.05, 0) is 25.5 Å². The molecule has 0 atom stereocenters. The minimum atomic E-state index is -1.39.